The monoisotopic (exact) mass is 329 g/mol. The summed E-state index contributed by atoms with van der Waals surface area (Å²) in [5, 5.41) is 0. The molecule has 1 aliphatic heterocycles. The lowest BCUT2D eigenvalue weighted by Crippen LogP contribution is -2.20. The highest BCUT2D eigenvalue weighted by Crippen LogP contribution is 2.34. The molecule has 23 heavy (non-hydrogen) atoms. The molecule has 0 aromatic heterocycles. The van der Waals surface area contributed by atoms with Crippen molar-refractivity contribution in [3.63, 3.8) is 0 Å². The van der Waals surface area contributed by atoms with E-state index in [9.17, 15) is 4.39 Å². The van der Waals surface area contributed by atoms with Crippen LogP contribution in [-0.4, -0.2) is 23.3 Å². The summed E-state index contributed by atoms with van der Waals surface area (Å²) in [6.07, 6.45) is 6.54. The molecule has 1 unspecified atom stereocenters. The summed E-state index contributed by atoms with van der Waals surface area (Å²) in [5.41, 5.74) is 2.36. The van der Waals surface area contributed by atoms with Crippen LogP contribution in [0.3, 0.4) is 0 Å². The van der Waals surface area contributed by atoms with Gasteiger partial charge in [-0.05, 0) is 56.1 Å². The van der Waals surface area contributed by atoms with Crippen LogP contribution in [0.5, 0.6) is 0 Å². The van der Waals surface area contributed by atoms with Gasteiger partial charge in [-0.1, -0.05) is 25.7 Å². The molecule has 122 valence electrons. The molecule has 1 nitrogen and oxygen atoms in total. The van der Waals surface area contributed by atoms with Gasteiger partial charge in [-0.15, -0.1) is 0 Å². The van der Waals surface area contributed by atoms with Crippen molar-refractivity contribution in [3.8, 4) is 11.8 Å². The van der Waals surface area contributed by atoms with Gasteiger partial charge in [-0.3, -0.25) is 4.99 Å². The topological polar surface area (TPSA) is 12.4 Å². The lowest BCUT2D eigenvalue weighted by molar-refractivity contribution is 0.474. The van der Waals surface area contributed by atoms with Gasteiger partial charge in [-0.2, -0.15) is 11.8 Å². The zero-order valence-electron chi connectivity index (χ0n) is 14.2. The highest BCUT2D eigenvalue weighted by molar-refractivity contribution is 7.99. The van der Waals surface area contributed by atoms with Gasteiger partial charge in [0.25, 0.3) is 0 Å². The van der Waals surface area contributed by atoms with Crippen molar-refractivity contribution >= 4 is 17.5 Å². The first-order valence-corrected chi connectivity index (χ1v) is 9.59. The molecular formula is C20H24FNS. The van der Waals surface area contributed by atoms with Crippen LogP contribution in [0.25, 0.3) is 0 Å². The van der Waals surface area contributed by atoms with E-state index in [1.807, 2.05) is 23.9 Å². The van der Waals surface area contributed by atoms with Crippen LogP contribution in [0.2, 0.25) is 0 Å². The predicted octanol–water partition coefficient (Wildman–Crippen LogP) is 4.93. The van der Waals surface area contributed by atoms with E-state index in [2.05, 4.69) is 36.9 Å². The van der Waals surface area contributed by atoms with Crippen LogP contribution < -0.4 is 0 Å². The zero-order valence-corrected chi connectivity index (χ0v) is 15.0. The summed E-state index contributed by atoms with van der Waals surface area (Å²) < 4.78 is 14.7. The summed E-state index contributed by atoms with van der Waals surface area (Å²) in [4.78, 5) is 4.61. The standard InChI is InChI=1S/C20H24FNS/c1-20(2,23-3)12-16-11-19(22-13-16)17-9-8-15(10-18(17)21)7-6-14-4-5-14/h8-10,14,16H,4-5,11-13H2,1-3H3. The van der Waals surface area contributed by atoms with Crippen LogP contribution in [0.4, 0.5) is 4.39 Å². The van der Waals surface area contributed by atoms with Crippen molar-refractivity contribution in [2.24, 2.45) is 16.8 Å². The molecule has 2 aliphatic rings. The molecule has 0 bridgehead atoms. The first-order valence-electron chi connectivity index (χ1n) is 8.37. The second-order valence-electron chi connectivity index (χ2n) is 7.26. The second-order valence-corrected chi connectivity index (χ2v) is 8.78. The molecule has 0 amide bonds. The van der Waals surface area contributed by atoms with E-state index in [1.165, 1.54) is 12.8 Å². The molecule has 0 saturated heterocycles. The predicted molar refractivity (Wildman–Crippen MR) is 97.7 cm³/mol. The molecule has 0 radical (unpaired) electrons. The molecule has 0 spiro atoms. The van der Waals surface area contributed by atoms with Gasteiger partial charge in [0.1, 0.15) is 5.82 Å². The first kappa shape index (κ1) is 16.6. The Bertz CT molecular complexity index is 677. The van der Waals surface area contributed by atoms with E-state index >= 15 is 0 Å². The molecule has 3 rings (SSSR count). The van der Waals surface area contributed by atoms with Gasteiger partial charge < -0.3 is 0 Å². The number of nitrogens with zero attached hydrogens (tertiary/aromatic N) is 1. The van der Waals surface area contributed by atoms with E-state index < -0.39 is 0 Å². The Hall–Kier alpha value is -1.27. The van der Waals surface area contributed by atoms with Crippen molar-refractivity contribution < 1.29 is 4.39 Å². The van der Waals surface area contributed by atoms with E-state index in [0.717, 1.165) is 30.7 Å². The maximum absolute atomic E-state index is 14.4. The van der Waals surface area contributed by atoms with E-state index in [-0.39, 0.29) is 10.6 Å². The molecule has 0 N–H and O–H groups in total. The van der Waals surface area contributed by atoms with Gasteiger partial charge in [0.15, 0.2) is 0 Å². The maximum atomic E-state index is 14.4. The Morgan fingerprint density at radius 2 is 2.13 bits per heavy atom. The average molecular weight is 329 g/mol. The summed E-state index contributed by atoms with van der Waals surface area (Å²) >= 11 is 1.89. The third kappa shape index (κ3) is 4.38. The number of halogens is 1. The minimum Gasteiger partial charge on any atom is -0.289 e. The number of rotatable bonds is 4. The fourth-order valence-electron chi connectivity index (χ4n) is 2.99. The number of benzene rings is 1. The Balaban J connectivity index is 1.67. The molecule has 1 heterocycles. The number of thioether (sulfide) groups is 1. The van der Waals surface area contributed by atoms with Crippen LogP contribution in [0, 0.1) is 29.5 Å². The Morgan fingerprint density at radius 3 is 2.78 bits per heavy atom. The molecule has 1 aromatic carbocycles. The minimum absolute atomic E-state index is 0.184. The highest BCUT2D eigenvalue weighted by atomic mass is 32.2. The smallest absolute Gasteiger partial charge is 0.133 e. The van der Waals surface area contributed by atoms with E-state index in [1.54, 1.807) is 6.07 Å². The number of hydrogen-bond donors (Lipinski definition) is 0. The van der Waals surface area contributed by atoms with Gasteiger partial charge >= 0.3 is 0 Å². The highest BCUT2D eigenvalue weighted by Gasteiger charge is 2.28. The quantitative estimate of drug-likeness (QED) is 0.714. The third-order valence-electron chi connectivity index (χ3n) is 4.63. The molecular weight excluding hydrogens is 305 g/mol. The van der Waals surface area contributed by atoms with Crippen molar-refractivity contribution in [1.29, 1.82) is 0 Å². The maximum Gasteiger partial charge on any atom is 0.133 e. The molecule has 1 fully saturated rings. The normalized spacial score (nSPS) is 20.9. The average Bonchev–Trinajstić information content (AvgIpc) is 3.24. The van der Waals surface area contributed by atoms with Crippen molar-refractivity contribution in [2.45, 2.75) is 44.3 Å². The van der Waals surface area contributed by atoms with Gasteiger partial charge in [0, 0.05) is 34.0 Å². The summed E-state index contributed by atoms with van der Waals surface area (Å²) in [6, 6.07) is 5.34. The Kier molecular flexibility index (Phi) is 4.82. The third-order valence-corrected chi connectivity index (χ3v) is 5.91. The van der Waals surface area contributed by atoms with Crippen molar-refractivity contribution in [1.82, 2.24) is 0 Å². The summed E-state index contributed by atoms with van der Waals surface area (Å²) in [6.45, 7) is 5.36. The van der Waals surface area contributed by atoms with Crippen molar-refractivity contribution in [3.05, 3.63) is 35.1 Å². The van der Waals surface area contributed by atoms with E-state index in [0.29, 0.717) is 17.4 Å². The van der Waals surface area contributed by atoms with Gasteiger partial charge in [-0.25, -0.2) is 4.39 Å². The summed E-state index contributed by atoms with van der Waals surface area (Å²) in [5.74, 6) is 7.14. The van der Waals surface area contributed by atoms with Gasteiger partial charge in [0.2, 0.25) is 0 Å². The molecule has 1 aliphatic carbocycles. The van der Waals surface area contributed by atoms with Crippen LogP contribution in [-0.2, 0) is 0 Å². The Labute approximate surface area is 143 Å². The minimum atomic E-state index is -0.184. The first-order chi connectivity index (χ1) is 11.0. The molecule has 3 heteroatoms. The zero-order chi connectivity index (χ0) is 16.4. The fraction of sp³-hybridized carbons (Fsp3) is 0.550. The van der Waals surface area contributed by atoms with Crippen LogP contribution in [0.1, 0.15) is 50.7 Å². The largest absolute Gasteiger partial charge is 0.289 e. The number of aliphatic imine (C=N–C) groups is 1. The van der Waals surface area contributed by atoms with E-state index in [4.69, 9.17) is 0 Å². The Morgan fingerprint density at radius 1 is 1.35 bits per heavy atom. The molecule has 1 saturated carbocycles. The molecule has 1 aromatic rings. The van der Waals surface area contributed by atoms with Gasteiger partial charge in [0.05, 0.1) is 0 Å². The summed E-state index contributed by atoms with van der Waals surface area (Å²) in [7, 11) is 0. The van der Waals surface area contributed by atoms with Crippen LogP contribution in [0.15, 0.2) is 23.2 Å². The van der Waals surface area contributed by atoms with Crippen LogP contribution >= 0.6 is 11.8 Å². The lowest BCUT2D eigenvalue weighted by atomic mass is 9.92. The number of hydrogen-bond acceptors (Lipinski definition) is 2. The fourth-order valence-corrected chi connectivity index (χ4v) is 3.39. The second kappa shape index (κ2) is 6.69. The molecule has 1 atom stereocenters. The lowest BCUT2D eigenvalue weighted by Gasteiger charge is -2.25. The SMILES string of the molecule is CSC(C)(C)CC1CN=C(c2ccc(C#CC3CC3)cc2F)C1. The van der Waals surface area contributed by atoms with Crippen molar-refractivity contribution in [2.75, 3.05) is 12.8 Å².